The molecule has 0 saturated carbocycles. The first-order valence-corrected chi connectivity index (χ1v) is 3.55. The Morgan fingerprint density at radius 2 is 2.58 bits per heavy atom. The number of aryl methyl sites for hydroxylation is 1. The number of rotatable bonds is 3. The summed E-state index contributed by atoms with van der Waals surface area (Å²) in [5, 5.41) is 13.9. The molecule has 1 heterocycles. The van der Waals surface area contributed by atoms with E-state index in [1.165, 1.54) is 0 Å². The topological polar surface area (TPSA) is 93.8 Å². The van der Waals surface area contributed by atoms with Crippen LogP contribution in [0.15, 0.2) is 10.6 Å². The molecule has 0 aliphatic heterocycles. The summed E-state index contributed by atoms with van der Waals surface area (Å²) in [4.78, 5) is 10.3. The highest BCUT2D eigenvalue weighted by atomic mass is 16.5. The molecule has 0 saturated heterocycles. The van der Waals surface area contributed by atoms with Crippen LogP contribution in [0.1, 0.15) is 11.5 Å². The highest BCUT2D eigenvalue weighted by Gasteiger charge is 2.11. The quantitative estimate of drug-likeness (QED) is 0.561. The van der Waals surface area contributed by atoms with Gasteiger partial charge in [-0.15, -0.1) is 0 Å². The van der Waals surface area contributed by atoms with Crippen molar-refractivity contribution in [3.63, 3.8) is 0 Å². The van der Waals surface area contributed by atoms with E-state index in [2.05, 4.69) is 10.9 Å². The first kappa shape index (κ1) is 8.73. The molecule has 0 aromatic carbocycles. The van der Waals surface area contributed by atoms with Crippen LogP contribution in [-0.2, 0) is 11.2 Å². The molecule has 1 aromatic rings. The fourth-order valence-electron chi connectivity index (χ4n) is 0.839. The maximum atomic E-state index is 10.3. The Morgan fingerprint density at radius 3 is 3.00 bits per heavy atom. The Bertz CT molecular complexity index is 282. The molecule has 0 aliphatic rings. The van der Waals surface area contributed by atoms with E-state index in [0.717, 1.165) is 5.69 Å². The minimum Gasteiger partial charge on any atom is -0.544 e. The molecule has 5 heteroatoms. The number of carbonyl (C=O) groups excluding carboxylic acids is 1. The average molecular weight is 170 g/mol. The highest BCUT2D eigenvalue weighted by molar-refractivity contribution is 5.69. The van der Waals surface area contributed by atoms with Gasteiger partial charge in [-0.05, 0) is 6.92 Å². The summed E-state index contributed by atoms with van der Waals surface area (Å²) >= 11 is 0. The van der Waals surface area contributed by atoms with E-state index < -0.39 is 12.0 Å². The predicted octanol–water partition coefficient (Wildman–Crippen LogP) is -2.11. The third kappa shape index (κ3) is 2.06. The first-order chi connectivity index (χ1) is 5.59. The smallest absolute Gasteiger partial charge is 0.143 e. The second-order valence-electron chi connectivity index (χ2n) is 2.65. The van der Waals surface area contributed by atoms with Gasteiger partial charge in [-0.3, -0.25) is 0 Å². The molecule has 66 valence electrons. The normalized spacial score (nSPS) is 12.8. The Kier molecular flexibility index (Phi) is 2.44. The second kappa shape index (κ2) is 3.36. The van der Waals surface area contributed by atoms with Gasteiger partial charge < -0.3 is 20.2 Å². The van der Waals surface area contributed by atoms with Crippen LogP contribution >= 0.6 is 0 Å². The van der Waals surface area contributed by atoms with Crippen molar-refractivity contribution in [2.75, 3.05) is 0 Å². The fourth-order valence-corrected chi connectivity index (χ4v) is 0.839. The molecule has 1 aromatic heterocycles. The fraction of sp³-hybridized carbons (Fsp3) is 0.429. The van der Waals surface area contributed by atoms with Crippen molar-refractivity contribution in [2.24, 2.45) is 0 Å². The van der Waals surface area contributed by atoms with Gasteiger partial charge in [-0.2, -0.15) is 0 Å². The summed E-state index contributed by atoms with van der Waals surface area (Å²) in [5.74, 6) is -0.652. The monoisotopic (exact) mass is 170 g/mol. The molecule has 5 nitrogen and oxygen atoms in total. The lowest BCUT2D eigenvalue weighted by Gasteiger charge is -2.05. The van der Waals surface area contributed by atoms with Gasteiger partial charge in [0.15, 0.2) is 0 Å². The summed E-state index contributed by atoms with van der Waals surface area (Å²) in [6, 6.07) is 0.901. The number of carboxylic acids is 1. The standard InChI is InChI=1S/C7H10N2O3/c1-4-2-5(12-9-4)3-6(8)7(10)11/h2,6H,3,8H2,1H3,(H,10,11)/t6-/m0/s1. The first-order valence-electron chi connectivity index (χ1n) is 3.55. The average Bonchev–Trinajstić information content (AvgIpc) is 2.35. The largest absolute Gasteiger partial charge is 0.544 e. The lowest BCUT2D eigenvalue weighted by atomic mass is 10.2. The molecule has 0 amide bonds. The van der Waals surface area contributed by atoms with E-state index in [0.29, 0.717) is 5.76 Å². The molecule has 1 rings (SSSR count). The van der Waals surface area contributed by atoms with E-state index in [9.17, 15) is 9.90 Å². The van der Waals surface area contributed by atoms with Gasteiger partial charge >= 0.3 is 0 Å². The molecule has 0 radical (unpaired) electrons. The third-order valence-corrected chi connectivity index (χ3v) is 1.46. The third-order valence-electron chi connectivity index (χ3n) is 1.46. The lowest BCUT2D eigenvalue weighted by Crippen LogP contribution is -2.69. The molecule has 0 aliphatic carbocycles. The van der Waals surface area contributed by atoms with Gasteiger partial charge in [0, 0.05) is 6.07 Å². The zero-order valence-electron chi connectivity index (χ0n) is 6.74. The number of hydrogen-bond acceptors (Lipinski definition) is 4. The van der Waals surface area contributed by atoms with Crippen LogP contribution in [0, 0.1) is 6.92 Å². The molecule has 0 fully saturated rings. The van der Waals surface area contributed by atoms with Crippen molar-refractivity contribution in [1.29, 1.82) is 0 Å². The van der Waals surface area contributed by atoms with Gasteiger partial charge in [-0.25, -0.2) is 0 Å². The van der Waals surface area contributed by atoms with Crippen LogP contribution in [0.3, 0.4) is 0 Å². The van der Waals surface area contributed by atoms with Gasteiger partial charge in [0.05, 0.1) is 18.1 Å². The van der Waals surface area contributed by atoms with Crippen molar-refractivity contribution >= 4 is 5.97 Å². The number of hydrogen-bond donors (Lipinski definition) is 1. The molecular formula is C7H10N2O3. The number of aromatic nitrogens is 1. The van der Waals surface area contributed by atoms with Crippen LogP contribution in [0.5, 0.6) is 0 Å². The van der Waals surface area contributed by atoms with Gasteiger partial charge in [-0.1, -0.05) is 5.16 Å². The van der Waals surface area contributed by atoms with Crippen molar-refractivity contribution in [2.45, 2.75) is 19.4 Å². The minimum absolute atomic E-state index is 0.225. The van der Waals surface area contributed by atoms with Crippen LogP contribution in [0.2, 0.25) is 0 Å². The summed E-state index contributed by atoms with van der Waals surface area (Å²) in [6.07, 6.45) is 0.225. The Morgan fingerprint density at radius 1 is 1.92 bits per heavy atom. The van der Waals surface area contributed by atoms with E-state index in [4.69, 9.17) is 4.52 Å². The number of quaternary nitrogens is 1. The molecule has 12 heavy (non-hydrogen) atoms. The molecule has 0 bridgehead atoms. The molecule has 0 spiro atoms. The number of carboxylic acid groups (broad SMARTS) is 1. The van der Waals surface area contributed by atoms with Gasteiger partial charge in [0.25, 0.3) is 0 Å². The van der Waals surface area contributed by atoms with Crippen molar-refractivity contribution < 1.29 is 20.2 Å². The Labute approximate surface area is 69.2 Å². The Hall–Kier alpha value is -1.36. The van der Waals surface area contributed by atoms with Gasteiger partial charge in [0.2, 0.25) is 0 Å². The summed E-state index contributed by atoms with van der Waals surface area (Å²) < 4.78 is 4.80. The second-order valence-corrected chi connectivity index (χ2v) is 2.65. The molecule has 0 unspecified atom stereocenters. The van der Waals surface area contributed by atoms with Crippen LogP contribution in [-0.4, -0.2) is 17.2 Å². The van der Waals surface area contributed by atoms with Crippen molar-refractivity contribution in [3.8, 4) is 0 Å². The van der Waals surface area contributed by atoms with E-state index in [1.54, 1.807) is 13.0 Å². The van der Waals surface area contributed by atoms with E-state index in [-0.39, 0.29) is 6.42 Å². The molecule has 1 atom stereocenters. The summed E-state index contributed by atoms with van der Waals surface area (Å²) in [6.45, 7) is 1.77. The molecule has 3 N–H and O–H groups in total. The maximum absolute atomic E-state index is 10.3. The molecular weight excluding hydrogens is 160 g/mol. The van der Waals surface area contributed by atoms with Crippen LogP contribution in [0.25, 0.3) is 0 Å². The summed E-state index contributed by atoms with van der Waals surface area (Å²) in [5.41, 5.74) is 4.12. The number of aliphatic carboxylic acids is 1. The lowest BCUT2D eigenvalue weighted by molar-refractivity contribution is -0.437. The van der Waals surface area contributed by atoms with E-state index in [1.807, 2.05) is 0 Å². The zero-order valence-corrected chi connectivity index (χ0v) is 6.74. The summed E-state index contributed by atoms with van der Waals surface area (Å²) in [7, 11) is 0. The highest BCUT2D eigenvalue weighted by Crippen LogP contribution is 2.03. The SMILES string of the molecule is Cc1cc(C[C@H]([NH3+])C(=O)[O-])on1. The number of carbonyl (C=O) groups is 1. The van der Waals surface area contributed by atoms with Crippen LogP contribution in [0.4, 0.5) is 0 Å². The number of nitrogens with zero attached hydrogens (tertiary/aromatic N) is 1. The van der Waals surface area contributed by atoms with Crippen molar-refractivity contribution in [3.05, 3.63) is 17.5 Å². The Balaban J connectivity index is 2.58. The van der Waals surface area contributed by atoms with Gasteiger partial charge in [0.1, 0.15) is 11.8 Å². The van der Waals surface area contributed by atoms with Crippen LogP contribution < -0.4 is 10.8 Å². The predicted molar refractivity (Wildman–Crippen MR) is 36.6 cm³/mol. The zero-order chi connectivity index (χ0) is 9.14. The maximum Gasteiger partial charge on any atom is 0.143 e. The van der Waals surface area contributed by atoms with Crippen molar-refractivity contribution in [1.82, 2.24) is 5.16 Å². The minimum atomic E-state index is -1.18. The van der Waals surface area contributed by atoms with E-state index >= 15 is 0 Å².